The summed E-state index contributed by atoms with van der Waals surface area (Å²) in [6, 6.07) is 10.4. The van der Waals surface area contributed by atoms with Gasteiger partial charge in [0.25, 0.3) is 0 Å². The van der Waals surface area contributed by atoms with Crippen LogP contribution in [0.5, 0.6) is 0 Å². The predicted molar refractivity (Wildman–Crippen MR) is 97.5 cm³/mol. The zero-order valence-electron chi connectivity index (χ0n) is 13.7. The first-order chi connectivity index (χ1) is 11.6. The van der Waals surface area contributed by atoms with Crippen LogP contribution in [0, 0.1) is 6.92 Å². The molecule has 0 saturated heterocycles. The number of aryl methyl sites for hydroxylation is 2. The van der Waals surface area contributed by atoms with E-state index in [-0.39, 0.29) is 10.8 Å². The zero-order chi connectivity index (χ0) is 16.9. The summed E-state index contributed by atoms with van der Waals surface area (Å²) in [7, 11) is 0. The van der Waals surface area contributed by atoms with Gasteiger partial charge < -0.3 is 14.5 Å². The number of carbonyl (C=O) groups excluding carboxylic acids is 1. The summed E-state index contributed by atoms with van der Waals surface area (Å²) in [5.74, 6) is -0.00939. The monoisotopic (exact) mass is 343 g/mol. The number of nitrogens with one attached hydrogen (secondary N) is 1. The van der Waals surface area contributed by atoms with Crippen LogP contribution in [0.25, 0.3) is 10.9 Å². The Morgan fingerprint density at radius 1 is 1.21 bits per heavy atom. The van der Waals surface area contributed by atoms with Crippen molar-refractivity contribution in [2.24, 2.45) is 0 Å². The lowest BCUT2D eigenvalue weighted by atomic mass is 10.2. The number of carbonyl (C=O) groups is 1. The van der Waals surface area contributed by atoms with Gasteiger partial charge in [-0.05, 0) is 30.9 Å². The molecule has 0 fully saturated rings. The third kappa shape index (κ3) is 3.76. The molecule has 0 bridgehead atoms. The first-order valence-electron chi connectivity index (χ1n) is 8.10. The van der Waals surface area contributed by atoms with Gasteiger partial charge >= 0.3 is 4.87 Å². The highest BCUT2D eigenvalue weighted by atomic mass is 32.1. The smallest absolute Gasteiger partial charge is 0.307 e. The van der Waals surface area contributed by atoms with E-state index in [0.29, 0.717) is 19.5 Å². The molecule has 5 nitrogen and oxygen atoms in total. The van der Waals surface area contributed by atoms with Gasteiger partial charge in [0.15, 0.2) is 0 Å². The number of nitrogens with zero attached hydrogens (tertiary/aromatic N) is 2. The highest BCUT2D eigenvalue weighted by Gasteiger charge is 2.06. The molecule has 0 unspecified atom stereocenters. The lowest BCUT2D eigenvalue weighted by molar-refractivity contribution is -0.121. The Kier molecular flexibility index (Phi) is 5.15. The Morgan fingerprint density at radius 2 is 2.04 bits per heavy atom. The van der Waals surface area contributed by atoms with E-state index in [0.717, 1.165) is 18.7 Å². The van der Waals surface area contributed by atoms with E-state index < -0.39 is 0 Å². The number of benzene rings is 1. The largest absolute Gasteiger partial charge is 0.356 e. The second kappa shape index (κ2) is 7.49. The minimum absolute atomic E-state index is 0.000198. The number of hydrogen-bond donors (Lipinski definition) is 1. The summed E-state index contributed by atoms with van der Waals surface area (Å²) in [5.41, 5.74) is 2.13. The van der Waals surface area contributed by atoms with E-state index >= 15 is 0 Å². The van der Waals surface area contributed by atoms with Crippen molar-refractivity contribution in [3.8, 4) is 0 Å². The van der Waals surface area contributed by atoms with E-state index in [4.69, 9.17) is 0 Å². The van der Waals surface area contributed by atoms with Gasteiger partial charge in [-0.2, -0.15) is 0 Å². The average molecular weight is 343 g/mol. The minimum Gasteiger partial charge on any atom is -0.356 e. The highest BCUT2D eigenvalue weighted by molar-refractivity contribution is 7.07. The second-order valence-electron chi connectivity index (χ2n) is 5.82. The van der Waals surface area contributed by atoms with Gasteiger partial charge in [-0.3, -0.25) is 9.59 Å². The van der Waals surface area contributed by atoms with Crippen LogP contribution in [0.15, 0.2) is 46.7 Å². The topological polar surface area (TPSA) is 56.0 Å². The van der Waals surface area contributed by atoms with E-state index in [9.17, 15) is 9.59 Å². The fourth-order valence-corrected chi connectivity index (χ4v) is 3.55. The molecule has 0 atom stereocenters. The molecule has 0 spiro atoms. The minimum atomic E-state index is -0.00939. The molecule has 24 heavy (non-hydrogen) atoms. The third-order valence-corrected chi connectivity index (χ3v) is 5.00. The van der Waals surface area contributed by atoms with E-state index in [1.165, 1.54) is 22.2 Å². The van der Waals surface area contributed by atoms with Crippen LogP contribution in [0.2, 0.25) is 0 Å². The fraction of sp³-hybridized carbons (Fsp3) is 0.333. The van der Waals surface area contributed by atoms with Crippen molar-refractivity contribution in [3.05, 3.63) is 57.3 Å². The summed E-state index contributed by atoms with van der Waals surface area (Å²) in [4.78, 5) is 23.5. The Balaban J connectivity index is 1.42. The maximum atomic E-state index is 11.9. The van der Waals surface area contributed by atoms with Crippen molar-refractivity contribution < 1.29 is 4.79 Å². The molecule has 1 amide bonds. The van der Waals surface area contributed by atoms with Crippen molar-refractivity contribution in [1.82, 2.24) is 14.5 Å². The molecule has 3 aromatic rings. The molecule has 1 N–H and O–H groups in total. The first kappa shape index (κ1) is 16.5. The molecule has 0 radical (unpaired) electrons. The number of fused-ring (bicyclic) bond motifs is 1. The normalized spacial score (nSPS) is 11.0. The van der Waals surface area contributed by atoms with Crippen LogP contribution >= 0.6 is 11.3 Å². The Labute approximate surface area is 144 Å². The van der Waals surface area contributed by atoms with Crippen molar-refractivity contribution in [2.45, 2.75) is 32.9 Å². The molecule has 6 heteroatoms. The van der Waals surface area contributed by atoms with Crippen LogP contribution in [-0.4, -0.2) is 21.6 Å². The predicted octanol–water partition coefficient (Wildman–Crippen LogP) is 2.77. The van der Waals surface area contributed by atoms with Crippen LogP contribution in [0.1, 0.15) is 18.5 Å². The van der Waals surface area contributed by atoms with Gasteiger partial charge in [-0.1, -0.05) is 29.5 Å². The SMILES string of the molecule is Cc1csc(=O)n1CCC(=O)NCCCn1ccc2ccccc21. The molecule has 1 aromatic carbocycles. The van der Waals surface area contributed by atoms with Crippen molar-refractivity contribution >= 4 is 28.1 Å². The number of aromatic nitrogens is 2. The number of thiazole rings is 1. The summed E-state index contributed by atoms with van der Waals surface area (Å²) in [6.07, 6.45) is 3.30. The number of amides is 1. The van der Waals surface area contributed by atoms with Crippen molar-refractivity contribution in [2.75, 3.05) is 6.54 Å². The molecule has 2 heterocycles. The Bertz CT molecular complexity index is 891. The molecule has 0 aliphatic heterocycles. The maximum absolute atomic E-state index is 11.9. The molecule has 2 aromatic heterocycles. The van der Waals surface area contributed by atoms with Crippen LogP contribution in [0.4, 0.5) is 0 Å². The Morgan fingerprint density at radius 3 is 2.83 bits per heavy atom. The van der Waals surface area contributed by atoms with Gasteiger partial charge in [0.2, 0.25) is 5.91 Å². The molecular weight excluding hydrogens is 322 g/mol. The van der Waals surface area contributed by atoms with Crippen molar-refractivity contribution in [1.29, 1.82) is 0 Å². The van der Waals surface area contributed by atoms with Gasteiger partial charge in [-0.25, -0.2) is 0 Å². The zero-order valence-corrected chi connectivity index (χ0v) is 14.5. The maximum Gasteiger partial charge on any atom is 0.307 e. The lowest BCUT2D eigenvalue weighted by Gasteiger charge is -2.08. The number of rotatable bonds is 7. The number of hydrogen-bond acceptors (Lipinski definition) is 3. The average Bonchev–Trinajstić information content (AvgIpc) is 3.14. The number of para-hydroxylation sites is 1. The molecule has 0 aliphatic carbocycles. The standard InChI is InChI=1S/C18H21N3O2S/c1-14-13-24-18(23)21(14)12-8-17(22)19-9-4-10-20-11-7-15-5-2-3-6-16(15)20/h2-3,5-7,11,13H,4,8-10,12H2,1H3,(H,19,22). The summed E-state index contributed by atoms with van der Waals surface area (Å²) < 4.78 is 3.85. The molecule has 0 aliphatic rings. The molecular formula is C18H21N3O2S. The third-order valence-electron chi connectivity index (χ3n) is 4.12. The van der Waals surface area contributed by atoms with E-state index in [2.05, 4.69) is 34.3 Å². The van der Waals surface area contributed by atoms with Gasteiger partial charge in [0.05, 0.1) is 0 Å². The quantitative estimate of drug-likeness (QED) is 0.671. The Hall–Kier alpha value is -2.34. The molecule has 0 saturated carbocycles. The van der Waals surface area contributed by atoms with E-state index in [1.54, 1.807) is 4.57 Å². The highest BCUT2D eigenvalue weighted by Crippen LogP contribution is 2.15. The lowest BCUT2D eigenvalue weighted by Crippen LogP contribution is -2.27. The van der Waals surface area contributed by atoms with Crippen LogP contribution < -0.4 is 10.2 Å². The fourth-order valence-electron chi connectivity index (χ4n) is 2.79. The summed E-state index contributed by atoms with van der Waals surface area (Å²) in [6.45, 7) is 3.85. The summed E-state index contributed by atoms with van der Waals surface area (Å²) >= 11 is 1.18. The van der Waals surface area contributed by atoms with Crippen molar-refractivity contribution in [3.63, 3.8) is 0 Å². The van der Waals surface area contributed by atoms with Gasteiger partial charge in [-0.15, -0.1) is 0 Å². The summed E-state index contributed by atoms with van der Waals surface area (Å²) in [5, 5.41) is 5.99. The van der Waals surface area contributed by atoms with Crippen LogP contribution in [0.3, 0.4) is 0 Å². The van der Waals surface area contributed by atoms with E-state index in [1.807, 2.05) is 24.4 Å². The molecule has 3 rings (SSSR count). The van der Waals surface area contributed by atoms with Gasteiger partial charge in [0, 0.05) is 48.8 Å². The second-order valence-corrected chi connectivity index (χ2v) is 6.64. The van der Waals surface area contributed by atoms with Crippen LogP contribution in [-0.2, 0) is 17.9 Å². The first-order valence-corrected chi connectivity index (χ1v) is 8.98. The molecule has 126 valence electrons. The van der Waals surface area contributed by atoms with Gasteiger partial charge in [0.1, 0.15) is 0 Å².